The predicted octanol–water partition coefficient (Wildman–Crippen LogP) is 2.57. The molecule has 0 unspecified atom stereocenters. The molecule has 6 heteroatoms. The lowest BCUT2D eigenvalue weighted by atomic mass is 10.0. The van der Waals surface area contributed by atoms with E-state index in [-0.39, 0.29) is 5.91 Å². The van der Waals surface area contributed by atoms with Crippen molar-refractivity contribution in [2.75, 3.05) is 47.0 Å². The number of aryl methyl sites for hydroxylation is 1. The number of hydrogen-bond donors (Lipinski definition) is 0. The summed E-state index contributed by atoms with van der Waals surface area (Å²) in [5.74, 6) is -0.281. The van der Waals surface area contributed by atoms with Crippen LogP contribution in [-0.4, -0.2) is 74.8 Å². The largest absolute Gasteiger partial charge is 0.462 e. The van der Waals surface area contributed by atoms with Crippen molar-refractivity contribution in [3.8, 4) is 0 Å². The van der Waals surface area contributed by atoms with Gasteiger partial charge in [-0.3, -0.25) is 4.79 Å². The highest BCUT2D eigenvalue weighted by Gasteiger charge is 2.24. The number of amides is 1. The third-order valence-corrected chi connectivity index (χ3v) is 4.70. The number of carbonyl (C=O) groups excluding carboxylic acids is 1. The fourth-order valence-corrected chi connectivity index (χ4v) is 2.94. The van der Waals surface area contributed by atoms with Crippen LogP contribution in [0.15, 0.2) is 29.3 Å². The SMILES string of the molecule is CCOCCOC(=NC(=O)c1ccc(C)cc1)N(C)C1CCN(C)CC1. The van der Waals surface area contributed by atoms with Crippen molar-refractivity contribution in [2.24, 2.45) is 4.99 Å². The first kappa shape index (κ1) is 20.4. The van der Waals surface area contributed by atoms with Crippen molar-refractivity contribution in [3.63, 3.8) is 0 Å². The quantitative estimate of drug-likeness (QED) is 0.443. The summed E-state index contributed by atoms with van der Waals surface area (Å²) in [6.07, 6.45) is 2.05. The normalized spacial score (nSPS) is 16.5. The second-order valence-electron chi connectivity index (χ2n) is 6.76. The van der Waals surface area contributed by atoms with Gasteiger partial charge in [0.1, 0.15) is 6.61 Å². The molecular weight excluding hydrogens is 330 g/mol. The minimum atomic E-state index is -0.281. The maximum absolute atomic E-state index is 12.6. The van der Waals surface area contributed by atoms with E-state index in [0.29, 0.717) is 37.4 Å². The highest BCUT2D eigenvalue weighted by atomic mass is 16.5. The summed E-state index contributed by atoms with van der Waals surface area (Å²) < 4.78 is 11.2. The Morgan fingerprint density at radius 1 is 1.23 bits per heavy atom. The van der Waals surface area contributed by atoms with Crippen LogP contribution in [-0.2, 0) is 9.47 Å². The van der Waals surface area contributed by atoms with Gasteiger partial charge in [0.25, 0.3) is 11.9 Å². The molecule has 144 valence electrons. The van der Waals surface area contributed by atoms with Gasteiger partial charge in [-0.2, -0.15) is 4.99 Å². The number of benzene rings is 1. The third-order valence-electron chi connectivity index (χ3n) is 4.70. The van der Waals surface area contributed by atoms with E-state index in [1.165, 1.54) is 0 Å². The van der Waals surface area contributed by atoms with E-state index in [9.17, 15) is 4.79 Å². The van der Waals surface area contributed by atoms with Crippen LogP contribution in [0.4, 0.5) is 0 Å². The number of hydrogen-bond acceptors (Lipinski definition) is 4. The Morgan fingerprint density at radius 3 is 2.50 bits per heavy atom. The number of aliphatic imine (C=N–C) groups is 1. The molecule has 0 spiro atoms. The zero-order valence-electron chi connectivity index (χ0n) is 16.4. The van der Waals surface area contributed by atoms with Crippen LogP contribution in [0.5, 0.6) is 0 Å². The lowest BCUT2D eigenvalue weighted by Gasteiger charge is -2.36. The highest BCUT2D eigenvalue weighted by molar-refractivity contribution is 6.01. The maximum Gasteiger partial charge on any atom is 0.295 e. The second kappa shape index (κ2) is 10.3. The minimum absolute atomic E-state index is 0.281. The van der Waals surface area contributed by atoms with Crippen molar-refractivity contribution < 1.29 is 14.3 Å². The zero-order valence-corrected chi connectivity index (χ0v) is 16.4. The van der Waals surface area contributed by atoms with Crippen molar-refractivity contribution in [1.29, 1.82) is 0 Å². The van der Waals surface area contributed by atoms with Gasteiger partial charge in [0.15, 0.2) is 0 Å². The van der Waals surface area contributed by atoms with Crippen LogP contribution in [0.1, 0.15) is 35.7 Å². The standard InChI is InChI=1S/C20H31N3O3/c1-5-25-14-15-26-20(23(4)18-10-12-22(3)13-11-18)21-19(24)17-8-6-16(2)7-9-17/h6-9,18H,5,10-15H2,1-4H3. The molecule has 0 N–H and O–H groups in total. The van der Waals surface area contributed by atoms with Gasteiger partial charge >= 0.3 is 0 Å². The molecule has 1 aliphatic heterocycles. The number of rotatable bonds is 6. The van der Waals surface area contributed by atoms with Crippen LogP contribution in [0.25, 0.3) is 0 Å². The molecule has 1 aromatic carbocycles. The number of likely N-dealkylation sites (tertiary alicyclic amines) is 1. The van der Waals surface area contributed by atoms with Crippen LogP contribution >= 0.6 is 0 Å². The highest BCUT2D eigenvalue weighted by Crippen LogP contribution is 2.16. The molecule has 2 rings (SSSR count). The Balaban J connectivity index is 2.10. The van der Waals surface area contributed by atoms with Crippen molar-refractivity contribution in [2.45, 2.75) is 32.7 Å². The summed E-state index contributed by atoms with van der Waals surface area (Å²) in [7, 11) is 4.09. The maximum atomic E-state index is 12.6. The smallest absolute Gasteiger partial charge is 0.295 e. The van der Waals surface area contributed by atoms with E-state index in [4.69, 9.17) is 9.47 Å². The molecule has 26 heavy (non-hydrogen) atoms. The molecule has 0 radical (unpaired) electrons. The average Bonchev–Trinajstić information content (AvgIpc) is 2.64. The van der Waals surface area contributed by atoms with E-state index in [2.05, 4.69) is 16.9 Å². The van der Waals surface area contributed by atoms with Crippen molar-refractivity contribution in [3.05, 3.63) is 35.4 Å². The Morgan fingerprint density at radius 2 is 1.88 bits per heavy atom. The summed E-state index contributed by atoms with van der Waals surface area (Å²) >= 11 is 0. The van der Waals surface area contributed by atoms with Crippen molar-refractivity contribution in [1.82, 2.24) is 9.80 Å². The Bertz CT molecular complexity index is 593. The average molecular weight is 361 g/mol. The molecule has 1 heterocycles. The van der Waals surface area contributed by atoms with Gasteiger partial charge in [-0.25, -0.2) is 0 Å². The van der Waals surface area contributed by atoms with E-state index >= 15 is 0 Å². The van der Waals surface area contributed by atoms with Gasteiger partial charge in [0, 0.05) is 25.3 Å². The Labute approximate surface area is 156 Å². The molecule has 1 amide bonds. The molecule has 1 fully saturated rings. The van der Waals surface area contributed by atoms with Crippen molar-refractivity contribution >= 4 is 11.9 Å². The van der Waals surface area contributed by atoms with E-state index in [0.717, 1.165) is 31.5 Å². The minimum Gasteiger partial charge on any atom is -0.462 e. The molecule has 0 saturated carbocycles. The van der Waals surface area contributed by atoms with Crippen LogP contribution in [0, 0.1) is 6.92 Å². The van der Waals surface area contributed by atoms with E-state index in [1.807, 2.05) is 37.9 Å². The van der Waals surface area contributed by atoms with Gasteiger partial charge in [0.05, 0.1) is 6.61 Å². The molecule has 6 nitrogen and oxygen atoms in total. The lowest BCUT2D eigenvalue weighted by Crippen LogP contribution is -2.45. The number of piperidine rings is 1. The Hall–Kier alpha value is -1.92. The van der Waals surface area contributed by atoms with E-state index in [1.54, 1.807) is 12.1 Å². The molecular formula is C20H31N3O3. The molecule has 0 aromatic heterocycles. The summed E-state index contributed by atoms with van der Waals surface area (Å²) in [6.45, 7) is 7.51. The van der Waals surface area contributed by atoms with Gasteiger partial charge < -0.3 is 19.3 Å². The number of carbonyl (C=O) groups is 1. The zero-order chi connectivity index (χ0) is 18.9. The van der Waals surface area contributed by atoms with Gasteiger partial charge in [-0.05, 0) is 59.0 Å². The molecule has 1 aromatic rings. The topological polar surface area (TPSA) is 54.4 Å². The fraction of sp³-hybridized carbons (Fsp3) is 0.600. The summed E-state index contributed by atoms with van der Waals surface area (Å²) in [5, 5.41) is 0. The molecule has 0 bridgehead atoms. The number of nitrogens with zero attached hydrogens (tertiary/aromatic N) is 3. The fourth-order valence-electron chi connectivity index (χ4n) is 2.94. The predicted molar refractivity (Wildman–Crippen MR) is 104 cm³/mol. The molecule has 0 aliphatic carbocycles. The van der Waals surface area contributed by atoms with Crippen LogP contribution < -0.4 is 0 Å². The van der Waals surface area contributed by atoms with Gasteiger partial charge in [-0.1, -0.05) is 17.7 Å². The number of amidine groups is 1. The monoisotopic (exact) mass is 361 g/mol. The summed E-state index contributed by atoms with van der Waals surface area (Å²) in [4.78, 5) is 21.2. The first-order valence-electron chi connectivity index (χ1n) is 9.33. The van der Waals surface area contributed by atoms with Crippen LogP contribution in [0.3, 0.4) is 0 Å². The summed E-state index contributed by atoms with van der Waals surface area (Å²) in [6, 6.07) is 8.13. The number of ether oxygens (including phenoxy) is 2. The lowest BCUT2D eigenvalue weighted by molar-refractivity contribution is 0.0872. The van der Waals surface area contributed by atoms with Gasteiger partial charge in [-0.15, -0.1) is 0 Å². The molecule has 0 atom stereocenters. The van der Waals surface area contributed by atoms with Gasteiger partial charge in [0.2, 0.25) is 0 Å². The first-order chi connectivity index (χ1) is 12.5. The summed E-state index contributed by atoms with van der Waals surface area (Å²) in [5.41, 5.74) is 1.68. The first-order valence-corrected chi connectivity index (χ1v) is 9.33. The third kappa shape index (κ3) is 6.11. The molecule has 1 aliphatic rings. The Kier molecular flexibility index (Phi) is 8.06. The molecule has 1 saturated heterocycles. The van der Waals surface area contributed by atoms with Crippen LogP contribution in [0.2, 0.25) is 0 Å². The second-order valence-corrected chi connectivity index (χ2v) is 6.76. The van der Waals surface area contributed by atoms with E-state index < -0.39 is 0 Å².